The Morgan fingerprint density at radius 3 is 2.59 bits per heavy atom. The Morgan fingerprint density at radius 2 is 1.82 bits per heavy atom. The second-order valence-corrected chi connectivity index (χ2v) is 7.31. The third-order valence-electron chi connectivity index (χ3n) is 4.79. The molecule has 0 radical (unpaired) electrons. The summed E-state index contributed by atoms with van der Waals surface area (Å²) in [4.78, 5) is 28.7. The van der Waals surface area contributed by atoms with Crippen LogP contribution in [0.3, 0.4) is 0 Å². The van der Waals surface area contributed by atoms with E-state index in [1.807, 2.05) is 12.1 Å². The molecule has 4 rings (SSSR count). The molecule has 0 spiro atoms. The zero-order chi connectivity index (χ0) is 23.8. The number of aromatic nitrogens is 3. The molecule has 172 valence electrons. The molecule has 0 unspecified atom stereocenters. The average Bonchev–Trinajstić information content (AvgIpc) is 3.30. The summed E-state index contributed by atoms with van der Waals surface area (Å²) < 4.78 is 12.4. The highest BCUT2D eigenvalue weighted by Gasteiger charge is 2.10. The molecule has 2 heterocycles. The molecule has 0 aliphatic rings. The summed E-state index contributed by atoms with van der Waals surface area (Å²) in [5, 5.41) is 9.87. The zero-order valence-electron chi connectivity index (χ0n) is 18.5. The van der Waals surface area contributed by atoms with Crippen molar-refractivity contribution in [2.24, 2.45) is 0 Å². The van der Waals surface area contributed by atoms with Crippen molar-refractivity contribution in [3.63, 3.8) is 0 Å². The standard InChI is InChI=1S/C25H23N5O4/c1-33-22-6-2-5-20(14-22)27-24(31)17-34-21-9-7-19(8-10-21)25(32)28-23-11-13-30(29-23)16-18-4-3-12-26-15-18/h2-15H,16-17H2,1H3,(H,27,31)(H,28,29,32). The van der Waals surface area contributed by atoms with Crippen molar-refractivity contribution in [3.05, 3.63) is 96.4 Å². The van der Waals surface area contributed by atoms with Crippen molar-refractivity contribution in [1.29, 1.82) is 0 Å². The molecular weight excluding hydrogens is 434 g/mol. The Hall–Kier alpha value is -4.66. The summed E-state index contributed by atoms with van der Waals surface area (Å²) in [7, 11) is 1.56. The molecular formula is C25H23N5O4. The predicted molar refractivity (Wildman–Crippen MR) is 127 cm³/mol. The van der Waals surface area contributed by atoms with Crippen molar-refractivity contribution in [3.8, 4) is 11.5 Å². The molecule has 2 amide bonds. The van der Waals surface area contributed by atoms with Gasteiger partial charge in [0.1, 0.15) is 11.5 Å². The monoisotopic (exact) mass is 457 g/mol. The predicted octanol–water partition coefficient (Wildman–Crippen LogP) is 3.60. The molecule has 2 aromatic heterocycles. The molecule has 9 heteroatoms. The highest BCUT2D eigenvalue weighted by molar-refractivity contribution is 6.03. The summed E-state index contributed by atoms with van der Waals surface area (Å²) in [6.07, 6.45) is 5.27. The molecule has 2 aromatic carbocycles. The maximum Gasteiger partial charge on any atom is 0.262 e. The van der Waals surface area contributed by atoms with E-state index < -0.39 is 0 Å². The number of benzene rings is 2. The van der Waals surface area contributed by atoms with Gasteiger partial charge in [-0.2, -0.15) is 5.10 Å². The van der Waals surface area contributed by atoms with Crippen molar-refractivity contribution in [2.45, 2.75) is 6.54 Å². The third-order valence-corrected chi connectivity index (χ3v) is 4.79. The number of hydrogen-bond acceptors (Lipinski definition) is 6. The summed E-state index contributed by atoms with van der Waals surface area (Å²) in [6.45, 7) is 0.387. The van der Waals surface area contributed by atoms with Gasteiger partial charge in [0.25, 0.3) is 11.8 Å². The van der Waals surface area contributed by atoms with Crippen LogP contribution < -0.4 is 20.1 Å². The van der Waals surface area contributed by atoms with Crippen LogP contribution in [0, 0.1) is 0 Å². The van der Waals surface area contributed by atoms with E-state index in [4.69, 9.17) is 9.47 Å². The number of carbonyl (C=O) groups is 2. The summed E-state index contributed by atoms with van der Waals surface area (Å²) in [6, 6.07) is 19.1. The molecule has 0 aliphatic carbocycles. The van der Waals surface area contributed by atoms with E-state index in [2.05, 4.69) is 20.7 Å². The minimum Gasteiger partial charge on any atom is -0.497 e. The van der Waals surface area contributed by atoms with Crippen molar-refractivity contribution in [1.82, 2.24) is 14.8 Å². The van der Waals surface area contributed by atoms with Gasteiger partial charge in [-0.1, -0.05) is 12.1 Å². The Kier molecular flexibility index (Phi) is 7.14. The molecule has 0 bridgehead atoms. The zero-order valence-corrected chi connectivity index (χ0v) is 18.5. The van der Waals surface area contributed by atoms with E-state index in [1.165, 1.54) is 0 Å². The van der Waals surface area contributed by atoms with Crippen LogP contribution in [0.4, 0.5) is 11.5 Å². The molecule has 0 saturated heterocycles. The molecule has 2 N–H and O–H groups in total. The number of hydrogen-bond donors (Lipinski definition) is 2. The van der Waals surface area contributed by atoms with Gasteiger partial charge in [-0.3, -0.25) is 19.3 Å². The van der Waals surface area contributed by atoms with Gasteiger partial charge in [0.15, 0.2) is 12.4 Å². The van der Waals surface area contributed by atoms with Gasteiger partial charge < -0.3 is 20.1 Å². The Balaban J connectivity index is 1.26. The van der Waals surface area contributed by atoms with Gasteiger partial charge in [0.2, 0.25) is 0 Å². The summed E-state index contributed by atoms with van der Waals surface area (Å²) in [5.41, 5.74) is 2.06. The average molecular weight is 457 g/mol. The molecule has 34 heavy (non-hydrogen) atoms. The molecule has 0 fully saturated rings. The number of methoxy groups -OCH3 is 1. The summed E-state index contributed by atoms with van der Waals surface area (Å²) in [5.74, 6) is 0.959. The van der Waals surface area contributed by atoms with Crippen LogP contribution in [0.5, 0.6) is 11.5 Å². The fourth-order valence-electron chi connectivity index (χ4n) is 3.13. The van der Waals surface area contributed by atoms with Crippen LogP contribution in [0.25, 0.3) is 0 Å². The molecule has 0 aliphatic heterocycles. The van der Waals surface area contributed by atoms with Gasteiger partial charge >= 0.3 is 0 Å². The first kappa shape index (κ1) is 22.5. The lowest BCUT2D eigenvalue weighted by molar-refractivity contribution is -0.118. The SMILES string of the molecule is COc1cccc(NC(=O)COc2ccc(C(=O)Nc3ccn(Cc4cccnc4)n3)cc2)c1. The highest BCUT2D eigenvalue weighted by Crippen LogP contribution is 2.17. The number of amides is 2. The minimum absolute atomic E-state index is 0.170. The van der Waals surface area contributed by atoms with Crippen LogP contribution in [0.1, 0.15) is 15.9 Å². The van der Waals surface area contributed by atoms with E-state index in [-0.39, 0.29) is 18.4 Å². The van der Waals surface area contributed by atoms with Crippen LogP contribution in [0.15, 0.2) is 85.3 Å². The number of ether oxygens (including phenoxy) is 2. The van der Waals surface area contributed by atoms with Crippen molar-refractivity contribution < 1.29 is 19.1 Å². The summed E-state index contributed by atoms with van der Waals surface area (Å²) >= 11 is 0. The molecule has 4 aromatic rings. The van der Waals surface area contributed by atoms with Crippen LogP contribution >= 0.6 is 0 Å². The lowest BCUT2D eigenvalue weighted by Crippen LogP contribution is -2.20. The first-order chi connectivity index (χ1) is 16.6. The number of anilines is 2. The maximum atomic E-state index is 12.5. The van der Waals surface area contributed by atoms with Crippen LogP contribution in [0.2, 0.25) is 0 Å². The lowest BCUT2D eigenvalue weighted by Gasteiger charge is -2.09. The Morgan fingerprint density at radius 1 is 0.971 bits per heavy atom. The number of nitrogens with one attached hydrogen (secondary N) is 2. The first-order valence-electron chi connectivity index (χ1n) is 10.5. The van der Waals surface area contributed by atoms with Crippen molar-refractivity contribution >= 4 is 23.3 Å². The minimum atomic E-state index is -0.308. The van der Waals surface area contributed by atoms with Gasteiger partial charge in [-0.25, -0.2) is 0 Å². The Labute approximate surface area is 196 Å². The molecule has 9 nitrogen and oxygen atoms in total. The normalized spacial score (nSPS) is 10.4. The van der Waals surface area contributed by atoms with E-state index in [1.54, 1.807) is 85.0 Å². The largest absolute Gasteiger partial charge is 0.497 e. The third kappa shape index (κ3) is 6.19. The van der Waals surface area contributed by atoms with Gasteiger partial charge in [0, 0.05) is 42.0 Å². The molecule has 0 saturated carbocycles. The number of pyridine rings is 1. The van der Waals surface area contributed by atoms with Gasteiger partial charge in [-0.15, -0.1) is 0 Å². The maximum absolute atomic E-state index is 12.5. The smallest absolute Gasteiger partial charge is 0.262 e. The number of rotatable bonds is 9. The van der Waals surface area contributed by atoms with Gasteiger partial charge in [-0.05, 0) is 48.0 Å². The van der Waals surface area contributed by atoms with Crippen LogP contribution in [-0.4, -0.2) is 40.3 Å². The molecule has 0 atom stereocenters. The Bertz CT molecular complexity index is 1260. The van der Waals surface area contributed by atoms with E-state index in [0.29, 0.717) is 35.1 Å². The quantitative estimate of drug-likeness (QED) is 0.398. The topological polar surface area (TPSA) is 107 Å². The second kappa shape index (κ2) is 10.8. The van der Waals surface area contributed by atoms with E-state index in [0.717, 1.165) is 5.56 Å². The second-order valence-electron chi connectivity index (χ2n) is 7.31. The van der Waals surface area contributed by atoms with Crippen molar-refractivity contribution in [2.75, 3.05) is 24.4 Å². The lowest BCUT2D eigenvalue weighted by atomic mass is 10.2. The fraction of sp³-hybridized carbons (Fsp3) is 0.120. The van der Waals surface area contributed by atoms with E-state index >= 15 is 0 Å². The fourth-order valence-corrected chi connectivity index (χ4v) is 3.13. The van der Waals surface area contributed by atoms with Crippen LogP contribution in [-0.2, 0) is 11.3 Å². The van der Waals surface area contributed by atoms with Gasteiger partial charge in [0.05, 0.1) is 13.7 Å². The number of carbonyl (C=O) groups excluding carboxylic acids is 2. The highest BCUT2D eigenvalue weighted by atomic mass is 16.5. The van der Waals surface area contributed by atoms with E-state index in [9.17, 15) is 9.59 Å². The number of nitrogens with zero attached hydrogens (tertiary/aromatic N) is 3. The first-order valence-corrected chi connectivity index (χ1v) is 10.5.